The lowest BCUT2D eigenvalue weighted by Gasteiger charge is -2.34. The summed E-state index contributed by atoms with van der Waals surface area (Å²) in [5, 5.41) is 14.2. The molecular weight excluding hydrogens is 416 g/mol. The predicted octanol–water partition coefficient (Wildman–Crippen LogP) is 3.64. The third-order valence-corrected chi connectivity index (χ3v) is 5.73. The second kappa shape index (κ2) is 11.9. The molecule has 6 nitrogen and oxygen atoms in total. The molecule has 1 aliphatic heterocycles. The van der Waals surface area contributed by atoms with Gasteiger partial charge in [0.05, 0.1) is 13.0 Å². The van der Waals surface area contributed by atoms with Gasteiger partial charge >= 0.3 is 0 Å². The van der Waals surface area contributed by atoms with E-state index in [9.17, 15) is 9.90 Å². The van der Waals surface area contributed by atoms with Crippen LogP contribution in [0.15, 0.2) is 48.5 Å². The van der Waals surface area contributed by atoms with Crippen LogP contribution >= 0.6 is 11.6 Å². The zero-order valence-corrected chi connectivity index (χ0v) is 18.7. The fourth-order valence-corrected chi connectivity index (χ4v) is 3.71. The molecule has 1 aliphatic rings. The van der Waals surface area contributed by atoms with Gasteiger partial charge in [-0.2, -0.15) is 0 Å². The van der Waals surface area contributed by atoms with E-state index in [1.807, 2.05) is 36.1 Å². The van der Waals surface area contributed by atoms with Crippen LogP contribution in [0.1, 0.15) is 24.8 Å². The van der Waals surface area contributed by atoms with Crippen molar-refractivity contribution in [3.05, 3.63) is 59.1 Å². The zero-order chi connectivity index (χ0) is 22.1. The number of carbonyl (C=O) groups is 1. The van der Waals surface area contributed by atoms with Gasteiger partial charge in [-0.15, -0.1) is 0 Å². The van der Waals surface area contributed by atoms with Crippen LogP contribution in [0, 0.1) is 12.8 Å². The molecule has 0 spiro atoms. The number of hydrogen-bond donors (Lipinski definition) is 2. The molecule has 1 unspecified atom stereocenters. The van der Waals surface area contributed by atoms with E-state index in [1.165, 1.54) is 5.56 Å². The monoisotopic (exact) mass is 446 g/mol. The van der Waals surface area contributed by atoms with Gasteiger partial charge in [0.15, 0.2) is 0 Å². The Bertz CT molecular complexity index is 805. The van der Waals surface area contributed by atoms with Crippen molar-refractivity contribution in [3.8, 4) is 11.5 Å². The first-order valence-electron chi connectivity index (χ1n) is 10.8. The summed E-state index contributed by atoms with van der Waals surface area (Å²) in [4.78, 5) is 14.3. The lowest BCUT2D eigenvalue weighted by atomic mass is 9.95. The Morgan fingerprint density at radius 2 is 1.65 bits per heavy atom. The molecule has 3 rings (SSSR count). The summed E-state index contributed by atoms with van der Waals surface area (Å²) in [7, 11) is 0. The first-order chi connectivity index (χ1) is 15.0. The first-order valence-corrected chi connectivity index (χ1v) is 11.2. The summed E-state index contributed by atoms with van der Waals surface area (Å²) in [6.45, 7) is 4.74. The lowest BCUT2D eigenvalue weighted by molar-refractivity contribution is -0.133. The van der Waals surface area contributed by atoms with Gasteiger partial charge < -0.3 is 19.5 Å². The largest absolute Gasteiger partial charge is 0.493 e. The minimum absolute atomic E-state index is 0.0846. The maximum atomic E-state index is 12.4. The van der Waals surface area contributed by atoms with E-state index in [0.29, 0.717) is 50.0 Å². The average molecular weight is 447 g/mol. The van der Waals surface area contributed by atoms with Gasteiger partial charge in [-0.1, -0.05) is 29.3 Å². The molecule has 1 heterocycles. The highest BCUT2D eigenvalue weighted by Gasteiger charge is 2.27. The SMILES string of the molecule is Cc1ccc(OCCNC(O)C2CCN(C(=O)CCOc3ccc(Cl)cc3)CC2)cc1. The number of carbonyl (C=O) groups excluding carboxylic acids is 1. The summed E-state index contributed by atoms with van der Waals surface area (Å²) < 4.78 is 11.3. The van der Waals surface area contributed by atoms with Crippen molar-refractivity contribution in [3.63, 3.8) is 0 Å². The third kappa shape index (κ3) is 7.73. The molecule has 0 aliphatic carbocycles. The number of rotatable bonds is 10. The predicted molar refractivity (Wildman–Crippen MR) is 122 cm³/mol. The first kappa shape index (κ1) is 23.4. The summed E-state index contributed by atoms with van der Waals surface area (Å²) in [5.41, 5.74) is 1.19. The molecule has 0 aromatic heterocycles. The molecule has 168 valence electrons. The van der Waals surface area contributed by atoms with Crippen LogP contribution in [0.2, 0.25) is 5.02 Å². The molecule has 0 radical (unpaired) electrons. The van der Waals surface area contributed by atoms with Crippen molar-refractivity contribution in [2.75, 3.05) is 32.8 Å². The Kier molecular flexibility index (Phi) is 9.00. The molecule has 1 amide bonds. The number of amides is 1. The van der Waals surface area contributed by atoms with Crippen LogP contribution in [-0.2, 0) is 4.79 Å². The standard InChI is InChI=1S/C24H31ClN2O4/c1-18-2-6-21(7-3-18)31-17-13-26-24(29)19-10-14-27(15-11-19)23(28)12-16-30-22-8-4-20(25)5-9-22/h2-9,19,24,26,29H,10-17H2,1H3. The van der Waals surface area contributed by atoms with E-state index in [2.05, 4.69) is 5.32 Å². The average Bonchev–Trinajstić information content (AvgIpc) is 2.79. The molecule has 2 N–H and O–H groups in total. The lowest BCUT2D eigenvalue weighted by Crippen LogP contribution is -2.46. The van der Waals surface area contributed by atoms with Crippen molar-refractivity contribution in [1.82, 2.24) is 10.2 Å². The highest BCUT2D eigenvalue weighted by molar-refractivity contribution is 6.30. The molecule has 1 atom stereocenters. The Morgan fingerprint density at radius 1 is 1.06 bits per heavy atom. The number of ether oxygens (including phenoxy) is 2. The molecule has 2 aromatic rings. The highest BCUT2D eigenvalue weighted by atomic mass is 35.5. The van der Waals surface area contributed by atoms with Crippen LogP contribution in [0.5, 0.6) is 11.5 Å². The number of aryl methyl sites for hydroxylation is 1. The topological polar surface area (TPSA) is 71.0 Å². The van der Waals surface area contributed by atoms with Crippen LogP contribution < -0.4 is 14.8 Å². The van der Waals surface area contributed by atoms with Gasteiger partial charge in [-0.3, -0.25) is 10.1 Å². The highest BCUT2D eigenvalue weighted by Crippen LogP contribution is 2.21. The van der Waals surface area contributed by atoms with Crippen molar-refractivity contribution in [2.45, 2.75) is 32.4 Å². The Morgan fingerprint density at radius 3 is 2.29 bits per heavy atom. The number of nitrogens with one attached hydrogen (secondary N) is 1. The van der Waals surface area contributed by atoms with Crippen LogP contribution in [0.4, 0.5) is 0 Å². The molecule has 7 heteroatoms. The molecule has 0 saturated carbocycles. The number of nitrogens with zero attached hydrogens (tertiary/aromatic N) is 1. The third-order valence-electron chi connectivity index (χ3n) is 5.48. The smallest absolute Gasteiger partial charge is 0.225 e. The van der Waals surface area contributed by atoms with Gasteiger partial charge in [0.2, 0.25) is 5.91 Å². The van der Waals surface area contributed by atoms with E-state index in [4.69, 9.17) is 21.1 Å². The second-order valence-electron chi connectivity index (χ2n) is 7.83. The van der Waals surface area contributed by atoms with Crippen molar-refractivity contribution in [1.29, 1.82) is 0 Å². The van der Waals surface area contributed by atoms with Gasteiger partial charge in [0.1, 0.15) is 24.3 Å². The van der Waals surface area contributed by atoms with Crippen molar-refractivity contribution >= 4 is 17.5 Å². The number of likely N-dealkylation sites (tertiary alicyclic amines) is 1. The van der Waals surface area contributed by atoms with Crippen LogP contribution in [-0.4, -0.2) is 55.0 Å². The quantitative estimate of drug-likeness (QED) is 0.430. The normalized spacial score (nSPS) is 15.5. The molecule has 1 saturated heterocycles. The van der Waals surface area contributed by atoms with E-state index < -0.39 is 6.23 Å². The Balaban J connectivity index is 1.28. The number of hydrogen-bond acceptors (Lipinski definition) is 5. The fraction of sp³-hybridized carbons (Fsp3) is 0.458. The van der Waals surface area contributed by atoms with Gasteiger partial charge in [-0.25, -0.2) is 0 Å². The maximum Gasteiger partial charge on any atom is 0.225 e. The Labute approximate surface area is 189 Å². The molecule has 31 heavy (non-hydrogen) atoms. The van der Waals surface area contributed by atoms with E-state index in [0.717, 1.165) is 18.6 Å². The minimum Gasteiger partial charge on any atom is -0.493 e. The number of benzene rings is 2. The number of halogens is 1. The summed E-state index contributed by atoms with van der Waals surface area (Å²) in [5.74, 6) is 1.75. The molecule has 1 fully saturated rings. The number of aliphatic hydroxyl groups excluding tert-OH is 1. The molecule has 2 aromatic carbocycles. The van der Waals surface area contributed by atoms with E-state index in [-0.39, 0.29) is 11.8 Å². The van der Waals surface area contributed by atoms with Crippen LogP contribution in [0.3, 0.4) is 0 Å². The summed E-state index contributed by atoms with van der Waals surface area (Å²) in [6, 6.07) is 15.0. The van der Waals surface area contributed by atoms with Gasteiger partial charge in [0, 0.05) is 30.6 Å². The maximum absolute atomic E-state index is 12.4. The van der Waals surface area contributed by atoms with E-state index in [1.54, 1.807) is 24.3 Å². The fourth-order valence-electron chi connectivity index (χ4n) is 3.59. The zero-order valence-electron chi connectivity index (χ0n) is 17.9. The Hall–Kier alpha value is -2.28. The summed E-state index contributed by atoms with van der Waals surface area (Å²) >= 11 is 5.85. The van der Waals surface area contributed by atoms with E-state index >= 15 is 0 Å². The number of piperidine rings is 1. The van der Waals surface area contributed by atoms with Crippen LogP contribution in [0.25, 0.3) is 0 Å². The minimum atomic E-state index is -0.591. The molecule has 0 bridgehead atoms. The second-order valence-corrected chi connectivity index (χ2v) is 8.27. The molecular formula is C24H31ClN2O4. The van der Waals surface area contributed by atoms with Crippen molar-refractivity contribution in [2.24, 2.45) is 5.92 Å². The van der Waals surface area contributed by atoms with Gasteiger partial charge in [-0.05, 0) is 56.2 Å². The van der Waals surface area contributed by atoms with Crippen molar-refractivity contribution < 1.29 is 19.4 Å². The number of aliphatic hydroxyl groups is 1. The van der Waals surface area contributed by atoms with Gasteiger partial charge in [0.25, 0.3) is 0 Å². The summed E-state index contributed by atoms with van der Waals surface area (Å²) in [6.07, 6.45) is 1.30.